The van der Waals surface area contributed by atoms with Crippen LogP contribution >= 0.6 is 11.6 Å². The molecule has 0 aliphatic carbocycles. The van der Waals surface area contributed by atoms with Crippen LogP contribution in [0.1, 0.15) is 0 Å². The van der Waals surface area contributed by atoms with E-state index in [1.165, 1.54) is 36.7 Å². The van der Waals surface area contributed by atoms with E-state index in [0.29, 0.717) is 5.02 Å². The number of aromatic nitrogens is 2. The van der Waals surface area contributed by atoms with Crippen LogP contribution in [-0.2, 0) is 9.84 Å². The first-order valence-electron chi connectivity index (χ1n) is 5.68. The van der Waals surface area contributed by atoms with Crippen molar-refractivity contribution >= 4 is 27.4 Å². The molecule has 8 heteroatoms. The minimum absolute atomic E-state index is 0.0181. The van der Waals surface area contributed by atoms with E-state index in [1.807, 2.05) is 0 Å². The SMILES string of the molecule is N#C/C(=C/Nc1ncccn1)S(=O)(=O)c1ccc(Cl)cc1. The number of hydrogen-bond acceptors (Lipinski definition) is 6. The van der Waals surface area contributed by atoms with Gasteiger partial charge < -0.3 is 5.32 Å². The molecule has 1 aromatic heterocycles. The van der Waals surface area contributed by atoms with Gasteiger partial charge in [-0.25, -0.2) is 18.4 Å². The third-order valence-corrected chi connectivity index (χ3v) is 4.35. The van der Waals surface area contributed by atoms with Crippen LogP contribution < -0.4 is 5.32 Å². The Kier molecular flexibility index (Phi) is 4.52. The maximum Gasteiger partial charge on any atom is 0.226 e. The summed E-state index contributed by atoms with van der Waals surface area (Å²) in [7, 11) is -3.91. The molecule has 0 unspecified atom stereocenters. The monoisotopic (exact) mass is 320 g/mol. The third-order valence-electron chi connectivity index (χ3n) is 2.42. The molecule has 0 aliphatic rings. The van der Waals surface area contributed by atoms with Crippen LogP contribution in [0.4, 0.5) is 5.95 Å². The highest BCUT2D eigenvalue weighted by Gasteiger charge is 2.20. The van der Waals surface area contributed by atoms with E-state index in [1.54, 1.807) is 12.1 Å². The Bertz CT molecular complexity index is 796. The molecule has 1 heterocycles. The first kappa shape index (κ1) is 15.0. The first-order chi connectivity index (χ1) is 10.0. The van der Waals surface area contributed by atoms with E-state index >= 15 is 0 Å². The first-order valence-corrected chi connectivity index (χ1v) is 7.54. The van der Waals surface area contributed by atoms with Crippen molar-refractivity contribution in [2.45, 2.75) is 4.90 Å². The second-order valence-electron chi connectivity index (χ2n) is 3.79. The van der Waals surface area contributed by atoms with Crippen molar-refractivity contribution in [1.29, 1.82) is 5.26 Å². The van der Waals surface area contributed by atoms with Crippen molar-refractivity contribution in [1.82, 2.24) is 9.97 Å². The number of hydrogen-bond donors (Lipinski definition) is 1. The van der Waals surface area contributed by atoms with Gasteiger partial charge in [-0.3, -0.25) is 0 Å². The summed E-state index contributed by atoms with van der Waals surface area (Å²) in [4.78, 5) is 7.26. The molecular formula is C13H9ClN4O2S. The van der Waals surface area contributed by atoms with Crippen molar-refractivity contribution in [3.05, 3.63) is 58.9 Å². The Hall–Kier alpha value is -2.43. The van der Waals surface area contributed by atoms with Crippen LogP contribution in [0.25, 0.3) is 0 Å². The van der Waals surface area contributed by atoms with Gasteiger partial charge in [-0.2, -0.15) is 5.26 Å². The highest BCUT2D eigenvalue weighted by atomic mass is 35.5. The van der Waals surface area contributed by atoms with Crippen LogP contribution in [0.2, 0.25) is 5.02 Å². The predicted molar refractivity (Wildman–Crippen MR) is 78.0 cm³/mol. The number of rotatable bonds is 4. The Morgan fingerprint density at radius 1 is 1.24 bits per heavy atom. The van der Waals surface area contributed by atoms with E-state index in [4.69, 9.17) is 16.9 Å². The molecule has 0 spiro atoms. The Labute approximate surface area is 126 Å². The van der Waals surface area contributed by atoms with Crippen molar-refractivity contribution in [2.75, 3.05) is 5.32 Å². The van der Waals surface area contributed by atoms with Crippen molar-refractivity contribution in [3.63, 3.8) is 0 Å². The zero-order valence-corrected chi connectivity index (χ0v) is 12.1. The zero-order chi connectivity index (χ0) is 15.3. The highest BCUT2D eigenvalue weighted by molar-refractivity contribution is 7.95. The fourth-order valence-corrected chi connectivity index (χ4v) is 2.62. The van der Waals surface area contributed by atoms with Gasteiger partial charge >= 0.3 is 0 Å². The van der Waals surface area contributed by atoms with Gasteiger partial charge in [0, 0.05) is 23.6 Å². The normalized spacial score (nSPS) is 11.7. The van der Waals surface area contributed by atoms with E-state index < -0.39 is 14.7 Å². The molecule has 0 saturated carbocycles. The average molecular weight is 321 g/mol. The standard InChI is InChI=1S/C13H9ClN4O2S/c14-10-2-4-11(5-3-10)21(19,20)12(8-15)9-18-13-16-6-1-7-17-13/h1-7,9H,(H,16,17,18)/b12-9-. The number of sulfone groups is 1. The summed E-state index contributed by atoms with van der Waals surface area (Å²) in [5.41, 5.74) is 0. The summed E-state index contributed by atoms with van der Waals surface area (Å²) in [6.45, 7) is 0. The van der Waals surface area contributed by atoms with Crippen LogP contribution in [0.3, 0.4) is 0 Å². The minimum Gasteiger partial charge on any atom is -0.329 e. The fourth-order valence-electron chi connectivity index (χ4n) is 1.41. The summed E-state index contributed by atoms with van der Waals surface area (Å²) in [6, 6.07) is 8.82. The molecule has 1 N–H and O–H groups in total. The lowest BCUT2D eigenvalue weighted by atomic mass is 10.4. The Morgan fingerprint density at radius 2 is 1.86 bits per heavy atom. The maximum absolute atomic E-state index is 12.3. The van der Waals surface area contributed by atoms with Crippen LogP contribution in [0.5, 0.6) is 0 Å². The number of anilines is 1. The molecule has 1 aromatic carbocycles. The van der Waals surface area contributed by atoms with Gasteiger partial charge in [0.05, 0.1) is 4.90 Å². The second kappa shape index (κ2) is 6.35. The highest BCUT2D eigenvalue weighted by Crippen LogP contribution is 2.20. The molecule has 0 aliphatic heterocycles. The molecule has 6 nitrogen and oxygen atoms in total. The number of halogens is 1. The summed E-state index contributed by atoms with van der Waals surface area (Å²) < 4.78 is 24.6. The number of allylic oxidation sites excluding steroid dienone is 1. The number of benzene rings is 1. The second-order valence-corrected chi connectivity index (χ2v) is 6.15. The quantitative estimate of drug-likeness (QED) is 0.869. The summed E-state index contributed by atoms with van der Waals surface area (Å²) in [5.74, 6) is 0.191. The van der Waals surface area contributed by atoms with Gasteiger partial charge in [0.1, 0.15) is 6.07 Å². The summed E-state index contributed by atoms with van der Waals surface area (Å²) >= 11 is 5.71. The van der Waals surface area contributed by atoms with Crippen molar-refractivity contribution < 1.29 is 8.42 Å². The Balaban J connectivity index is 2.32. The smallest absolute Gasteiger partial charge is 0.226 e. The van der Waals surface area contributed by atoms with Crippen molar-refractivity contribution in [2.24, 2.45) is 0 Å². The predicted octanol–water partition coefficient (Wildman–Crippen LogP) is 2.38. The van der Waals surface area contributed by atoms with E-state index in [0.717, 1.165) is 6.20 Å². The van der Waals surface area contributed by atoms with Gasteiger partial charge in [-0.15, -0.1) is 0 Å². The summed E-state index contributed by atoms with van der Waals surface area (Å²) in [5, 5.41) is 12.0. The van der Waals surface area contributed by atoms with Gasteiger partial charge in [0.25, 0.3) is 0 Å². The largest absolute Gasteiger partial charge is 0.329 e. The third kappa shape index (κ3) is 3.56. The molecule has 106 valence electrons. The van der Waals surface area contributed by atoms with Crippen LogP contribution in [0, 0.1) is 11.3 Å². The van der Waals surface area contributed by atoms with Crippen LogP contribution in [0.15, 0.2) is 58.7 Å². The van der Waals surface area contributed by atoms with E-state index in [2.05, 4.69) is 15.3 Å². The molecule has 21 heavy (non-hydrogen) atoms. The lowest BCUT2D eigenvalue weighted by molar-refractivity contribution is 0.603. The molecule has 0 radical (unpaired) electrons. The number of nitrogens with zero attached hydrogens (tertiary/aromatic N) is 3. The van der Waals surface area contributed by atoms with Crippen LogP contribution in [-0.4, -0.2) is 18.4 Å². The molecule has 0 saturated heterocycles. The van der Waals surface area contributed by atoms with Gasteiger partial charge in [0.15, 0.2) is 4.91 Å². The average Bonchev–Trinajstić information content (AvgIpc) is 2.49. The number of nitrogens with one attached hydrogen (secondary N) is 1. The van der Waals surface area contributed by atoms with Crippen molar-refractivity contribution in [3.8, 4) is 6.07 Å². The lowest BCUT2D eigenvalue weighted by Gasteiger charge is -2.03. The molecule has 0 fully saturated rings. The fraction of sp³-hybridized carbons (Fsp3) is 0. The van der Waals surface area contributed by atoms with Gasteiger partial charge in [-0.05, 0) is 30.3 Å². The topological polar surface area (TPSA) is 95.7 Å². The molecule has 2 rings (SSSR count). The number of nitriles is 1. The molecule has 2 aromatic rings. The van der Waals surface area contributed by atoms with E-state index in [-0.39, 0.29) is 10.8 Å². The molecular weight excluding hydrogens is 312 g/mol. The Morgan fingerprint density at radius 3 is 2.43 bits per heavy atom. The lowest BCUT2D eigenvalue weighted by Crippen LogP contribution is -2.06. The van der Waals surface area contributed by atoms with E-state index in [9.17, 15) is 8.42 Å². The molecule has 0 amide bonds. The maximum atomic E-state index is 12.3. The summed E-state index contributed by atoms with van der Waals surface area (Å²) in [6.07, 6.45) is 4.03. The minimum atomic E-state index is -3.91. The molecule has 0 atom stereocenters. The molecule has 0 bridgehead atoms. The van der Waals surface area contributed by atoms with Gasteiger partial charge in [0.2, 0.25) is 15.8 Å². The van der Waals surface area contributed by atoms with Gasteiger partial charge in [-0.1, -0.05) is 11.6 Å². The zero-order valence-electron chi connectivity index (χ0n) is 10.6.